The molecule has 8 nitrogen and oxygen atoms in total. The number of hydrogen-bond acceptors (Lipinski definition) is 7. The largest absolute Gasteiger partial charge is 0.459 e. The number of hydrogen-bond donors (Lipinski definition) is 2. The van der Waals surface area contributed by atoms with Crippen molar-refractivity contribution >= 4 is 17.7 Å². The number of aryl methyl sites for hydroxylation is 1. The van der Waals surface area contributed by atoms with Crippen LogP contribution in [0.4, 0.5) is 19.0 Å². The van der Waals surface area contributed by atoms with Gasteiger partial charge in [-0.15, -0.1) is 0 Å². The van der Waals surface area contributed by atoms with Gasteiger partial charge in [0.15, 0.2) is 12.6 Å². The van der Waals surface area contributed by atoms with E-state index in [1.54, 1.807) is 6.92 Å². The number of halogens is 3. The Hall–Kier alpha value is -3.68. The first-order chi connectivity index (χ1) is 13.2. The van der Waals surface area contributed by atoms with Gasteiger partial charge >= 0.3 is 5.92 Å². The molecule has 144 valence electrons. The van der Waals surface area contributed by atoms with Gasteiger partial charge in [0.2, 0.25) is 0 Å². The lowest BCUT2D eigenvalue weighted by Crippen LogP contribution is -2.40. The smallest absolute Gasteiger partial charge is 0.309 e. The fourth-order valence-corrected chi connectivity index (χ4v) is 2.54. The molecule has 0 unspecified atom stereocenters. The molecule has 0 aliphatic carbocycles. The second kappa shape index (κ2) is 7.15. The summed E-state index contributed by atoms with van der Waals surface area (Å²) < 4.78 is 46.8. The van der Waals surface area contributed by atoms with E-state index in [9.17, 15) is 18.0 Å². The minimum absolute atomic E-state index is 0.00494. The van der Waals surface area contributed by atoms with Gasteiger partial charge in [0, 0.05) is 6.20 Å². The van der Waals surface area contributed by atoms with Gasteiger partial charge in [-0.3, -0.25) is 4.79 Å². The van der Waals surface area contributed by atoms with Gasteiger partial charge < -0.3 is 15.8 Å². The zero-order valence-electron chi connectivity index (χ0n) is 14.4. The van der Waals surface area contributed by atoms with Crippen molar-refractivity contribution in [3.8, 4) is 6.07 Å². The maximum Gasteiger partial charge on any atom is 0.309 e. The van der Waals surface area contributed by atoms with Crippen LogP contribution in [-0.4, -0.2) is 34.4 Å². The number of carbonyl (C=O) groups excluding carboxylic acids is 1. The van der Waals surface area contributed by atoms with Gasteiger partial charge in [-0.2, -0.15) is 14.0 Å². The Morgan fingerprint density at radius 1 is 1.46 bits per heavy atom. The fraction of sp³-hybridized carbons (Fsp3) is 0.235. The second-order valence-electron chi connectivity index (χ2n) is 5.94. The molecule has 1 atom stereocenters. The molecule has 3 N–H and O–H groups in total. The van der Waals surface area contributed by atoms with Gasteiger partial charge in [-0.05, 0) is 30.7 Å². The van der Waals surface area contributed by atoms with Gasteiger partial charge in [0.1, 0.15) is 29.1 Å². The van der Waals surface area contributed by atoms with Crippen LogP contribution < -0.4 is 11.1 Å². The average molecular weight is 390 g/mol. The number of ether oxygens (including phenoxy) is 1. The summed E-state index contributed by atoms with van der Waals surface area (Å²) in [5.74, 6) is -5.45. The Labute approximate surface area is 156 Å². The quantitative estimate of drug-likeness (QED) is 0.826. The Bertz CT molecular complexity index is 1020. The van der Waals surface area contributed by atoms with E-state index < -0.39 is 42.0 Å². The molecule has 0 radical (unpaired) electrons. The predicted molar refractivity (Wildman–Crippen MR) is 91.1 cm³/mol. The highest BCUT2D eigenvalue weighted by Crippen LogP contribution is 2.38. The molecule has 3 rings (SSSR count). The number of rotatable bonds is 3. The molecular weight excluding hydrogens is 377 g/mol. The first-order valence-electron chi connectivity index (χ1n) is 7.89. The SMILES string of the molecule is Cc1cc(C#N)cnc1C(=O)Nc1ccc(F)c([C@@H]2N=C(N)OCC2(F)F)n1. The van der Waals surface area contributed by atoms with E-state index >= 15 is 0 Å². The van der Waals surface area contributed by atoms with Crippen LogP contribution in [0.15, 0.2) is 29.4 Å². The van der Waals surface area contributed by atoms with Crippen molar-refractivity contribution in [2.24, 2.45) is 10.7 Å². The van der Waals surface area contributed by atoms with Gasteiger partial charge in [-0.25, -0.2) is 19.4 Å². The van der Waals surface area contributed by atoms with E-state index in [1.165, 1.54) is 12.3 Å². The van der Waals surface area contributed by atoms with E-state index in [1.807, 2.05) is 6.07 Å². The molecule has 0 bridgehead atoms. The number of amides is 1. The van der Waals surface area contributed by atoms with Gasteiger partial charge in [0.05, 0.1) is 5.56 Å². The maximum atomic E-state index is 14.1. The maximum absolute atomic E-state index is 14.1. The Balaban J connectivity index is 1.91. The number of nitrogens with zero attached hydrogens (tertiary/aromatic N) is 4. The number of alkyl halides is 2. The molecule has 2 aromatic heterocycles. The average Bonchev–Trinajstić information content (AvgIpc) is 2.65. The highest BCUT2D eigenvalue weighted by molar-refractivity contribution is 6.03. The molecule has 11 heteroatoms. The normalized spacial score (nSPS) is 17.8. The molecule has 0 saturated heterocycles. The number of aliphatic imine (C=N–C) groups is 1. The lowest BCUT2D eigenvalue weighted by molar-refractivity contribution is -0.0798. The summed E-state index contributed by atoms with van der Waals surface area (Å²) in [6, 6.07) is 2.85. The zero-order valence-corrected chi connectivity index (χ0v) is 14.4. The number of pyridine rings is 2. The van der Waals surface area contributed by atoms with Crippen LogP contribution in [0.5, 0.6) is 0 Å². The number of carbonyl (C=O) groups is 1. The van der Waals surface area contributed by atoms with Crippen LogP contribution in [0.2, 0.25) is 0 Å². The van der Waals surface area contributed by atoms with Crippen molar-refractivity contribution in [1.29, 1.82) is 5.26 Å². The molecule has 0 spiro atoms. The molecule has 0 aromatic carbocycles. The topological polar surface area (TPSA) is 126 Å². The van der Waals surface area contributed by atoms with Crippen molar-refractivity contribution in [2.75, 3.05) is 11.9 Å². The van der Waals surface area contributed by atoms with Gasteiger partial charge in [0.25, 0.3) is 11.9 Å². The van der Waals surface area contributed by atoms with E-state index in [2.05, 4.69) is 25.0 Å². The first-order valence-corrected chi connectivity index (χ1v) is 7.89. The number of nitrogens with two attached hydrogens (primary N) is 1. The molecule has 0 saturated carbocycles. The number of nitrogens with one attached hydrogen (secondary N) is 1. The van der Waals surface area contributed by atoms with Crippen molar-refractivity contribution < 1.29 is 22.7 Å². The fourth-order valence-electron chi connectivity index (χ4n) is 2.54. The van der Waals surface area contributed by atoms with Crippen LogP contribution >= 0.6 is 0 Å². The molecular formula is C17H13F3N6O2. The zero-order chi connectivity index (χ0) is 20.5. The van der Waals surface area contributed by atoms with E-state index in [-0.39, 0.29) is 17.1 Å². The minimum atomic E-state index is -3.54. The molecule has 1 amide bonds. The Morgan fingerprint density at radius 2 is 2.21 bits per heavy atom. The van der Waals surface area contributed by atoms with Crippen molar-refractivity contribution in [3.63, 3.8) is 0 Å². The third kappa shape index (κ3) is 3.71. The summed E-state index contributed by atoms with van der Waals surface area (Å²) in [7, 11) is 0. The summed E-state index contributed by atoms with van der Waals surface area (Å²) in [6.45, 7) is 0.505. The van der Waals surface area contributed by atoms with Crippen LogP contribution in [0.25, 0.3) is 0 Å². The molecule has 0 fully saturated rings. The monoisotopic (exact) mass is 390 g/mol. The highest BCUT2D eigenvalue weighted by atomic mass is 19.3. The Kier molecular flexibility index (Phi) is 4.87. The van der Waals surface area contributed by atoms with Crippen molar-refractivity contribution in [1.82, 2.24) is 9.97 Å². The molecule has 28 heavy (non-hydrogen) atoms. The van der Waals surface area contributed by atoms with Crippen LogP contribution in [0.3, 0.4) is 0 Å². The Morgan fingerprint density at radius 3 is 2.89 bits per heavy atom. The van der Waals surface area contributed by atoms with Gasteiger partial charge in [-0.1, -0.05) is 0 Å². The van der Waals surface area contributed by atoms with E-state index in [0.29, 0.717) is 5.56 Å². The van der Waals surface area contributed by atoms with Crippen molar-refractivity contribution in [3.05, 3.63) is 52.7 Å². The summed E-state index contributed by atoms with van der Waals surface area (Å²) in [5.41, 5.74) is 5.33. The summed E-state index contributed by atoms with van der Waals surface area (Å²) in [6.07, 6.45) is 1.21. The standard InChI is InChI=1S/C17H13F3N6O2/c1-8-4-9(5-21)6-23-12(8)15(27)25-11-3-2-10(18)13(24-11)14-17(19,20)7-28-16(22)26-14/h2-4,6,14H,7H2,1H3,(H2,22,26)(H,24,25,27)/t14-/m0/s1. The molecule has 1 aliphatic heterocycles. The lowest BCUT2D eigenvalue weighted by Gasteiger charge is -2.28. The van der Waals surface area contributed by atoms with Crippen LogP contribution in [0, 0.1) is 24.1 Å². The third-order valence-corrected chi connectivity index (χ3v) is 3.87. The first kappa shape index (κ1) is 19.1. The summed E-state index contributed by atoms with van der Waals surface area (Å²) in [5, 5.41) is 11.2. The highest BCUT2D eigenvalue weighted by Gasteiger charge is 2.47. The minimum Gasteiger partial charge on any atom is -0.459 e. The predicted octanol–water partition coefficient (Wildman–Crippen LogP) is 2.07. The third-order valence-electron chi connectivity index (χ3n) is 3.87. The molecule has 2 aromatic rings. The van der Waals surface area contributed by atoms with E-state index in [0.717, 1.165) is 12.1 Å². The second-order valence-corrected chi connectivity index (χ2v) is 5.94. The van der Waals surface area contributed by atoms with Crippen LogP contribution in [0.1, 0.15) is 33.4 Å². The molecule has 1 aliphatic rings. The summed E-state index contributed by atoms with van der Waals surface area (Å²) in [4.78, 5) is 23.5. The van der Waals surface area contributed by atoms with E-state index in [4.69, 9.17) is 11.0 Å². The molecule has 3 heterocycles. The van der Waals surface area contributed by atoms with Crippen molar-refractivity contribution in [2.45, 2.75) is 18.9 Å². The lowest BCUT2D eigenvalue weighted by atomic mass is 10.1. The number of nitriles is 1. The number of amidine groups is 1. The number of aromatic nitrogens is 2. The van der Waals surface area contributed by atoms with Crippen LogP contribution in [-0.2, 0) is 4.74 Å². The number of anilines is 1. The summed E-state index contributed by atoms with van der Waals surface area (Å²) >= 11 is 0.